The van der Waals surface area contributed by atoms with Gasteiger partial charge in [-0.2, -0.15) is 0 Å². The third-order valence-corrected chi connectivity index (χ3v) is 18.8. The molecule has 3 N–H and O–H groups in total. The monoisotopic (exact) mass is 1210 g/mol. The van der Waals surface area contributed by atoms with Crippen LogP contribution in [-0.4, -0.2) is 47.4 Å². The summed E-state index contributed by atoms with van der Waals surface area (Å²) in [6.07, 6.45) is 96.9. The van der Waals surface area contributed by atoms with E-state index in [0.29, 0.717) is 25.9 Å². The molecule has 0 radical (unpaired) electrons. The molecule has 0 saturated carbocycles. The summed E-state index contributed by atoms with van der Waals surface area (Å²) in [6.45, 7) is 4.98. The molecule has 0 heterocycles. The van der Waals surface area contributed by atoms with Crippen LogP contribution in [0.4, 0.5) is 0 Å². The summed E-state index contributed by atoms with van der Waals surface area (Å²) in [4.78, 5) is 24.7. The average molecular weight is 1210 g/mol. The van der Waals surface area contributed by atoms with Crippen molar-refractivity contribution >= 4 is 11.9 Å². The molecule has 0 aromatic rings. The number of aliphatic hydroxyl groups is 2. The number of carbonyl (C=O) groups excluding carboxylic acids is 2. The molecule has 0 aliphatic heterocycles. The Bertz CT molecular complexity index is 1350. The molecule has 0 aromatic carbocycles. The summed E-state index contributed by atoms with van der Waals surface area (Å²) in [5, 5.41) is 23.5. The van der Waals surface area contributed by atoms with Crippen LogP contribution in [0, 0.1) is 0 Å². The van der Waals surface area contributed by atoms with E-state index in [2.05, 4.69) is 43.5 Å². The SMILES string of the molecule is CCCCC/C=C\C/C=C\CCCCCCCCCCCC(=O)OCCCCCCCCCCCCCCCCCCCCCCCCCCCCCC(=O)NC(CO)C(O)CCCCCCCCCCCCCCCCCCCCCCCCC. The fourth-order valence-electron chi connectivity index (χ4n) is 12.7. The highest BCUT2D eigenvalue weighted by atomic mass is 16.5. The van der Waals surface area contributed by atoms with Gasteiger partial charge in [-0.3, -0.25) is 9.59 Å². The number of hydrogen-bond acceptors (Lipinski definition) is 5. The summed E-state index contributed by atoms with van der Waals surface area (Å²) < 4.78 is 5.51. The molecule has 1 amide bonds. The Balaban J connectivity index is 3.34. The number of amides is 1. The maximum atomic E-state index is 12.6. The lowest BCUT2D eigenvalue weighted by atomic mass is 10.0. The van der Waals surface area contributed by atoms with Gasteiger partial charge in [-0.1, -0.05) is 404 Å². The molecule has 6 nitrogen and oxygen atoms in total. The van der Waals surface area contributed by atoms with Crippen molar-refractivity contribution in [2.75, 3.05) is 13.2 Å². The molecule has 2 unspecified atom stereocenters. The maximum Gasteiger partial charge on any atom is 0.305 e. The standard InChI is InChI=1S/C80H155NO5/c1-3-5-7-9-11-13-15-17-19-21-23-24-30-33-37-40-44-48-52-56-60-64-68-72-78(83)77(76-82)81-79(84)73-69-65-61-57-53-49-45-41-38-34-31-28-26-25-27-29-32-35-39-43-47-51-55-59-63-67-71-75-86-80(85)74-70-66-62-58-54-50-46-42-36-22-20-18-16-14-12-10-8-6-4-2/h12,14,18,20,77-78,82-83H,3-11,13,15-17,19,21-76H2,1-2H3,(H,81,84)/b14-12-,20-18-. The van der Waals surface area contributed by atoms with Gasteiger partial charge in [0.25, 0.3) is 0 Å². The Kier molecular flexibility index (Phi) is 74.3. The van der Waals surface area contributed by atoms with Gasteiger partial charge in [0, 0.05) is 12.8 Å². The summed E-state index contributed by atoms with van der Waals surface area (Å²) in [7, 11) is 0. The van der Waals surface area contributed by atoms with Gasteiger partial charge in [0.1, 0.15) is 0 Å². The van der Waals surface area contributed by atoms with Crippen molar-refractivity contribution in [1.82, 2.24) is 5.32 Å². The molecule has 86 heavy (non-hydrogen) atoms. The molecule has 0 aliphatic carbocycles. The Morgan fingerprint density at radius 1 is 0.326 bits per heavy atom. The first kappa shape index (κ1) is 84.3. The van der Waals surface area contributed by atoms with Crippen LogP contribution < -0.4 is 5.32 Å². The summed E-state index contributed by atoms with van der Waals surface area (Å²) in [5.41, 5.74) is 0. The van der Waals surface area contributed by atoms with Gasteiger partial charge >= 0.3 is 5.97 Å². The van der Waals surface area contributed by atoms with E-state index in [1.54, 1.807) is 0 Å². The molecular weight excluding hydrogens is 1050 g/mol. The number of aliphatic hydroxyl groups excluding tert-OH is 2. The van der Waals surface area contributed by atoms with E-state index in [-0.39, 0.29) is 18.5 Å². The minimum Gasteiger partial charge on any atom is -0.466 e. The number of rotatable bonds is 75. The predicted molar refractivity (Wildman–Crippen MR) is 380 cm³/mol. The van der Waals surface area contributed by atoms with Crippen molar-refractivity contribution < 1.29 is 24.5 Å². The van der Waals surface area contributed by atoms with Crippen LogP contribution in [0.5, 0.6) is 0 Å². The van der Waals surface area contributed by atoms with Gasteiger partial charge in [0.2, 0.25) is 5.91 Å². The summed E-state index contributed by atoms with van der Waals surface area (Å²) in [5.74, 6) is -0.0111. The van der Waals surface area contributed by atoms with E-state index in [9.17, 15) is 19.8 Å². The maximum absolute atomic E-state index is 12.6. The van der Waals surface area contributed by atoms with Crippen molar-refractivity contribution in [1.29, 1.82) is 0 Å². The highest BCUT2D eigenvalue weighted by Gasteiger charge is 2.20. The van der Waals surface area contributed by atoms with Crippen LogP contribution in [0.3, 0.4) is 0 Å². The van der Waals surface area contributed by atoms with E-state index < -0.39 is 12.1 Å². The molecular formula is C80H155NO5. The lowest BCUT2D eigenvalue weighted by Crippen LogP contribution is -2.45. The number of hydrogen-bond donors (Lipinski definition) is 3. The second kappa shape index (κ2) is 75.8. The van der Waals surface area contributed by atoms with Gasteiger partial charge in [-0.15, -0.1) is 0 Å². The van der Waals surface area contributed by atoms with E-state index in [0.717, 1.165) is 51.4 Å². The molecule has 6 heteroatoms. The summed E-state index contributed by atoms with van der Waals surface area (Å²) >= 11 is 0. The number of nitrogens with one attached hydrogen (secondary N) is 1. The molecule has 0 aromatic heterocycles. The van der Waals surface area contributed by atoms with E-state index in [4.69, 9.17) is 4.74 Å². The zero-order valence-corrected chi connectivity index (χ0v) is 58.6. The summed E-state index contributed by atoms with van der Waals surface area (Å²) in [6, 6.07) is -0.541. The Labute approximate surface area is 539 Å². The first-order valence-electron chi connectivity index (χ1n) is 39.6. The molecule has 0 saturated heterocycles. The molecule has 0 aliphatic rings. The van der Waals surface area contributed by atoms with Crippen molar-refractivity contribution in [3.8, 4) is 0 Å². The number of unbranched alkanes of at least 4 members (excludes halogenated alkanes) is 60. The smallest absolute Gasteiger partial charge is 0.305 e. The third-order valence-electron chi connectivity index (χ3n) is 18.8. The van der Waals surface area contributed by atoms with Crippen LogP contribution in [0.1, 0.15) is 450 Å². The van der Waals surface area contributed by atoms with Gasteiger partial charge in [0.15, 0.2) is 0 Å². The molecule has 0 rings (SSSR count). The zero-order chi connectivity index (χ0) is 62.0. The lowest BCUT2D eigenvalue weighted by Gasteiger charge is -2.22. The third kappa shape index (κ3) is 71.4. The Hall–Kier alpha value is -1.66. The highest BCUT2D eigenvalue weighted by Crippen LogP contribution is 2.20. The lowest BCUT2D eigenvalue weighted by molar-refractivity contribution is -0.143. The molecule has 2 atom stereocenters. The van der Waals surface area contributed by atoms with Gasteiger partial charge in [-0.05, 0) is 57.8 Å². The Morgan fingerprint density at radius 2 is 0.581 bits per heavy atom. The highest BCUT2D eigenvalue weighted by molar-refractivity contribution is 5.76. The first-order chi connectivity index (χ1) is 42.5. The van der Waals surface area contributed by atoms with Gasteiger partial charge in [0.05, 0.1) is 25.4 Å². The largest absolute Gasteiger partial charge is 0.466 e. The van der Waals surface area contributed by atoms with E-state index in [1.165, 1.54) is 366 Å². The second-order valence-corrected chi connectivity index (χ2v) is 27.4. The van der Waals surface area contributed by atoms with Crippen LogP contribution in [0.25, 0.3) is 0 Å². The first-order valence-corrected chi connectivity index (χ1v) is 39.6. The molecule has 510 valence electrons. The van der Waals surface area contributed by atoms with E-state index in [1.807, 2.05) is 0 Å². The van der Waals surface area contributed by atoms with Gasteiger partial charge in [-0.25, -0.2) is 0 Å². The minimum absolute atomic E-state index is 0.0155. The van der Waals surface area contributed by atoms with Crippen molar-refractivity contribution in [2.24, 2.45) is 0 Å². The average Bonchev–Trinajstić information content (AvgIpc) is 3.53. The zero-order valence-electron chi connectivity index (χ0n) is 58.6. The molecule has 0 fully saturated rings. The normalized spacial score (nSPS) is 12.6. The number of carbonyl (C=O) groups is 2. The fraction of sp³-hybridized carbons (Fsp3) is 0.925. The molecule has 0 bridgehead atoms. The number of allylic oxidation sites excluding steroid dienone is 4. The minimum atomic E-state index is -0.664. The number of esters is 1. The van der Waals surface area contributed by atoms with Gasteiger partial charge < -0.3 is 20.3 Å². The van der Waals surface area contributed by atoms with Crippen molar-refractivity contribution in [3.63, 3.8) is 0 Å². The van der Waals surface area contributed by atoms with Crippen LogP contribution in [0.15, 0.2) is 24.3 Å². The van der Waals surface area contributed by atoms with Crippen LogP contribution in [-0.2, 0) is 14.3 Å². The molecule has 0 spiro atoms. The van der Waals surface area contributed by atoms with Crippen molar-refractivity contribution in [3.05, 3.63) is 24.3 Å². The van der Waals surface area contributed by atoms with Crippen molar-refractivity contribution in [2.45, 2.75) is 463 Å². The topological polar surface area (TPSA) is 95.9 Å². The number of ether oxygens (including phenoxy) is 1. The van der Waals surface area contributed by atoms with Crippen LogP contribution >= 0.6 is 0 Å². The second-order valence-electron chi connectivity index (χ2n) is 27.4. The predicted octanol–water partition coefficient (Wildman–Crippen LogP) is 26.0. The van der Waals surface area contributed by atoms with E-state index >= 15 is 0 Å². The fourth-order valence-corrected chi connectivity index (χ4v) is 12.7. The quantitative estimate of drug-likeness (QED) is 0.0320. The van der Waals surface area contributed by atoms with Crippen LogP contribution in [0.2, 0.25) is 0 Å². The Morgan fingerprint density at radius 3 is 0.907 bits per heavy atom.